The minimum absolute atomic E-state index is 0.784. The maximum atomic E-state index is 3.96. The Bertz CT molecular complexity index is 112. The molecule has 0 atom stereocenters. The highest BCUT2D eigenvalue weighted by Crippen LogP contribution is 2.26. The van der Waals surface area contributed by atoms with Crippen LogP contribution in [0.3, 0.4) is 0 Å². The zero-order chi connectivity index (χ0) is 9.02. The normalized spacial score (nSPS) is 11.6. The molecule has 11 heavy (non-hydrogen) atoms. The Morgan fingerprint density at radius 2 is 1.45 bits per heavy atom. The molecule has 0 nitrogen and oxygen atoms in total. The predicted octanol–water partition coefficient (Wildman–Crippen LogP) is 3.88. The largest absolute Gasteiger partial charge is 0.100 e. The Balaban J connectivity index is 4.00. The van der Waals surface area contributed by atoms with E-state index in [1.54, 1.807) is 0 Å². The summed E-state index contributed by atoms with van der Waals surface area (Å²) in [4.78, 5) is 0. The van der Waals surface area contributed by atoms with Gasteiger partial charge >= 0.3 is 0 Å². The van der Waals surface area contributed by atoms with E-state index in [0.717, 1.165) is 17.8 Å². The first kappa shape index (κ1) is 10.7. The quantitative estimate of drug-likeness (QED) is 0.539. The Morgan fingerprint density at radius 1 is 1.09 bits per heavy atom. The molecule has 0 aromatic heterocycles. The predicted molar refractivity (Wildman–Crippen MR) is 52.6 cm³/mol. The fourth-order valence-corrected chi connectivity index (χ4v) is 1.64. The van der Waals surface area contributed by atoms with E-state index in [-0.39, 0.29) is 0 Å². The van der Waals surface area contributed by atoms with Crippen LogP contribution < -0.4 is 0 Å². The van der Waals surface area contributed by atoms with E-state index < -0.39 is 0 Å². The summed E-state index contributed by atoms with van der Waals surface area (Å²) in [6.45, 7) is 15.3. The topological polar surface area (TPSA) is 0 Å². The monoisotopic (exact) mass is 154 g/mol. The van der Waals surface area contributed by atoms with Crippen molar-refractivity contribution in [1.29, 1.82) is 0 Å². The Kier molecular flexibility index (Phi) is 4.48. The lowest BCUT2D eigenvalue weighted by molar-refractivity contribution is 0.286. The van der Waals surface area contributed by atoms with Crippen molar-refractivity contribution >= 4 is 0 Å². The minimum Gasteiger partial charge on any atom is -0.100 e. The van der Waals surface area contributed by atoms with Gasteiger partial charge < -0.3 is 0 Å². The highest BCUT2D eigenvalue weighted by molar-refractivity contribution is 4.91. The second-order valence-corrected chi connectivity index (χ2v) is 4.31. The summed E-state index contributed by atoms with van der Waals surface area (Å²) in [5, 5.41) is 0. The van der Waals surface area contributed by atoms with Crippen LogP contribution in [0.4, 0.5) is 0 Å². The van der Waals surface area contributed by atoms with E-state index in [1.807, 2.05) is 0 Å². The number of hydrogen-bond acceptors (Lipinski definition) is 0. The van der Waals surface area contributed by atoms with Crippen LogP contribution >= 0.6 is 0 Å². The average Bonchev–Trinajstić information content (AvgIpc) is 1.81. The van der Waals surface area contributed by atoms with Crippen LogP contribution in [0.2, 0.25) is 0 Å². The molecule has 0 bridgehead atoms. The van der Waals surface area contributed by atoms with Gasteiger partial charge in [-0.25, -0.2) is 0 Å². The maximum Gasteiger partial charge on any atom is -0.0292 e. The van der Waals surface area contributed by atoms with Gasteiger partial charge in [-0.2, -0.15) is 0 Å². The van der Waals surface area contributed by atoms with Gasteiger partial charge in [0.1, 0.15) is 0 Å². The molecule has 0 aliphatic carbocycles. The van der Waals surface area contributed by atoms with Crippen molar-refractivity contribution in [2.45, 2.75) is 41.0 Å². The summed E-state index contributed by atoms with van der Waals surface area (Å²) in [7, 11) is 0. The lowest BCUT2D eigenvalue weighted by Gasteiger charge is -2.24. The van der Waals surface area contributed by atoms with Gasteiger partial charge in [0.15, 0.2) is 0 Å². The van der Waals surface area contributed by atoms with E-state index in [4.69, 9.17) is 0 Å². The molecule has 0 amide bonds. The zero-order valence-electron chi connectivity index (χ0n) is 8.65. The fraction of sp³-hybridized carbons (Fsp3) is 0.818. The third kappa shape index (κ3) is 4.23. The Hall–Kier alpha value is -0.260. The van der Waals surface area contributed by atoms with Crippen LogP contribution in [0.1, 0.15) is 41.0 Å². The van der Waals surface area contributed by atoms with Crippen molar-refractivity contribution < 1.29 is 0 Å². The van der Waals surface area contributed by atoms with Crippen LogP contribution in [-0.4, -0.2) is 0 Å². The SMILES string of the molecule is C=C(C)CC(C(C)C)C(C)C. The molecule has 0 heterocycles. The standard InChI is InChI=1S/C11H22/c1-8(2)7-11(9(3)4)10(5)6/h9-11H,1,7H2,2-6H3. The molecule has 0 aromatic carbocycles. The second kappa shape index (κ2) is 4.58. The molecule has 0 unspecified atom stereocenters. The van der Waals surface area contributed by atoms with Crippen molar-refractivity contribution in [3.05, 3.63) is 12.2 Å². The van der Waals surface area contributed by atoms with Gasteiger partial charge in [-0.05, 0) is 31.1 Å². The second-order valence-electron chi connectivity index (χ2n) is 4.31. The first-order chi connectivity index (χ1) is 4.95. The summed E-state index contributed by atoms with van der Waals surface area (Å²) in [5.41, 5.74) is 1.32. The average molecular weight is 154 g/mol. The minimum atomic E-state index is 0.784. The Morgan fingerprint density at radius 3 is 1.55 bits per heavy atom. The van der Waals surface area contributed by atoms with Crippen LogP contribution in [-0.2, 0) is 0 Å². The molecule has 0 saturated heterocycles. The first-order valence-electron chi connectivity index (χ1n) is 4.59. The highest BCUT2D eigenvalue weighted by atomic mass is 14.2. The van der Waals surface area contributed by atoms with Crippen LogP contribution in [0.5, 0.6) is 0 Å². The van der Waals surface area contributed by atoms with E-state index in [2.05, 4.69) is 41.2 Å². The van der Waals surface area contributed by atoms with Crippen molar-refractivity contribution in [2.75, 3.05) is 0 Å². The maximum absolute atomic E-state index is 3.96. The van der Waals surface area contributed by atoms with Gasteiger partial charge in [-0.15, -0.1) is 6.58 Å². The van der Waals surface area contributed by atoms with Crippen LogP contribution in [0.25, 0.3) is 0 Å². The molecule has 0 heteroatoms. The van der Waals surface area contributed by atoms with E-state index in [1.165, 1.54) is 12.0 Å². The van der Waals surface area contributed by atoms with Crippen molar-refractivity contribution in [1.82, 2.24) is 0 Å². The van der Waals surface area contributed by atoms with Crippen molar-refractivity contribution in [2.24, 2.45) is 17.8 Å². The van der Waals surface area contributed by atoms with Gasteiger partial charge in [-0.1, -0.05) is 33.3 Å². The van der Waals surface area contributed by atoms with Gasteiger partial charge in [-0.3, -0.25) is 0 Å². The molecule has 0 N–H and O–H groups in total. The third-order valence-corrected chi connectivity index (χ3v) is 2.30. The van der Waals surface area contributed by atoms with E-state index in [0.29, 0.717) is 0 Å². The molecule has 0 rings (SSSR count). The molecule has 0 aliphatic heterocycles. The van der Waals surface area contributed by atoms with Crippen LogP contribution in [0, 0.1) is 17.8 Å². The molecule has 0 aromatic rings. The van der Waals surface area contributed by atoms with Crippen molar-refractivity contribution in [3.63, 3.8) is 0 Å². The smallest absolute Gasteiger partial charge is 0.0292 e. The fourth-order valence-electron chi connectivity index (χ4n) is 1.64. The Labute approximate surface area is 71.7 Å². The third-order valence-electron chi connectivity index (χ3n) is 2.30. The molecular weight excluding hydrogens is 132 g/mol. The van der Waals surface area contributed by atoms with Gasteiger partial charge in [0, 0.05) is 0 Å². The van der Waals surface area contributed by atoms with E-state index >= 15 is 0 Å². The summed E-state index contributed by atoms with van der Waals surface area (Å²) in [5.74, 6) is 2.38. The van der Waals surface area contributed by atoms with E-state index in [9.17, 15) is 0 Å². The summed E-state index contributed by atoms with van der Waals surface area (Å²) >= 11 is 0. The number of hydrogen-bond donors (Lipinski definition) is 0. The molecular formula is C11H22. The van der Waals surface area contributed by atoms with Crippen molar-refractivity contribution in [3.8, 4) is 0 Å². The number of rotatable bonds is 4. The first-order valence-corrected chi connectivity index (χ1v) is 4.59. The lowest BCUT2D eigenvalue weighted by Crippen LogP contribution is -2.15. The molecule has 0 spiro atoms. The zero-order valence-corrected chi connectivity index (χ0v) is 8.65. The molecule has 0 aliphatic rings. The summed E-state index contributed by atoms with van der Waals surface area (Å²) < 4.78 is 0. The van der Waals surface area contributed by atoms with Gasteiger partial charge in [0.2, 0.25) is 0 Å². The summed E-state index contributed by atoms with van der Waals surface area (Å²) in [6.07, 6.45) is 1.19. The molecule has 0 fully saturated rings. The number of allylic oxidation sites excluding steroid dienone is 1. The summed E-state index contributed by atoms with van der Waals surface area (Å²) in [6, 6.07) is 0. The molecule has 0 radical (unpaired) electrons. The lowest BCUT2D eigenvalue weighted by atomic mass is 9.81. The molecule has 66 valence electrons. The molecule has 0 saturated carbocycles. The van der Waals surface area contributed by atoms with Crippen LogP contribution in [0.15, 0.2) is 12.2 Å². The van der Waals surface area contributed by atoms with Gasteiger partial charge in [0.25, 0.3) is 0 Å². The van der Waals surface area contributed by atoms with Gasteiger partial charge in [0.05, 0.1) is 0 Å². The highest BCUT2D eigenvalue weighted by Gasteiger charge is 2.16.